The second kappa shape index (κ2) is 5.63. The van der Waals surface area contributed by atoms with Gasteiger partial charge in [-0.3, -0.25) is 0 Å². The minimum absolute atomic E-state index is 0.356. The average molecular weight is 291 g/mol. The number of carbonyl (C=O) groups excluding carboxylic acids is 1. The second-order valence-corrected chi connectivity index (χ2v) is 6.15. The lowest BCUT2D eigenvalue weighted by Gasteiger charge is -2.20. The van der Waals surface area contributed by atoms with Gasteiger partial charge in [0.1, 0.15) is 16.4 Å². The predicted molar refractivity (Wildman–Crippen MR) is 79.3 cm³/mol. The van der Waals surface area contributed by atoms with Crippen LogP contribution in [-0.4, -0.2) is 23.7 Å². The number of ether oxygens (including phenoxy) is 2. The largest absolute Gasteiger partial charge is 0.497 e. The van der Waals surface area contributed by atoms with Crippen LogP contribution in [0.25, 0.3) is 10.6 Å². The molecule has 0 aliphatic rings. The fraction of sp³-hybridized carbons (Fsp3) is 0.333. The molecular weight excluding hydrogens is 274 g/mol. The van der Waals surface area contributed by atoms with Crippen molar-refractivity contribution in [2.75, 3.05) is 7.11 Å². The topological polar surface area (TPSA) is 48.4 Å². The van der Waals surface area contributed by atoms with E-state index in [1.807, 2.05) is 26.2 Å². The molecule has 2 aromatic rings. The van der Waals surface area contributed by atoms with Crippen LogP contribution in [0.2, 0.25) is 0 Å². The Morgan fingerprint density at radius 1 is 1.30 bits per heavy atom. The van der Waals surface area contributed by atoms with Crippen molar-refractivity contribution < 1.29 is 14.3 Å². The smallest absolute Gasteiger partial charge is 0.339 e. The summed E-state index contributed by atoms with van der Waals surface area (Å²) in [6.07, 6.45) is 1.71. The first kappa shape index (κ1) is 14.5. The lowest BCUT2D eigenvalue weighted by atomic mass is 10.1. The minimum atomic E-state index is -0.531. The maximum Gasteiger partial charge on any atom is 0.339 e. The molecule has 0 aliphatic heterocycles. The van der Waals surface area contributed by atoms with Crippen molar-refractivity contribution in [3.63, 3.8) is 0 Å². The van der Waals surface area contributed by atoms with Gasteiger partial charge in [0.15, 0.2) is 0 Å². The minimum Gasteiger partial charge on any atom is -0.497 e. The molecule has 20 heavy (non-hydrogen) atoms. The van der Waals surface area contributed by atoms with Gasteiger partial charge in [-0.05, 0) is 39.0 Å². The molecule has 0 N–H and O–H groups in total. The van der Waals surface area contributed by atoms with E-state index in [9.17, 15) is 4.79 Å². The summed E-state index contributed by atoms with van der Waals surface area (Å²) in [6, 6.07) is 5.26. The van der Waals surface area contributed by atoms with E-state index < -0.39 is 5.60 Å². The lowest BCUT2D eigenvalue weighted by Crippen LogP contribution is -2.24. The Morgan fingerprint density at radius 2 is 2.05 bits per heavy atom. The molecular formula is C15H17NO3S. The van der Waals surface area contributed by atoms with Gasteiger partial charge in [-0.25, -0.2) is 9.78 Å². The van der Waals surface area contributed by atoms with Gasteiger partial charge in [-0.2, -0.15) is 0 Å². The molecule has 1 aromatic heterocycles. The van der Waals surface area contributed by atoms with Gasteiger partial charge < -0.3 is 9.47 Å². The van der Waals surface area contributed by atoms with Crippen molar-refractivity contribution in [3.8, 4) is 16.3 Å². The van der Waals surface area contributed by atoms with E-state index in [1.165, 1.54) is 11.3 Å². The van der Waals surface area contributed by atoms with E-state index in [0.29, 0.717) is 11.3 Å². The first-order chi connectivity index (χ1) is 9.40. The highest BCUT2D eigenvalue weighted by Crippen LogP contribution is 2.30. The number of carbonyl (C=O) groups is 1. The van der Waals surface area contributed by atoms with Crippen molar-refractivity contribution in [3.05, 3.63) is 35.3 Å². The summed E-state index contributed by atoms with van der Waals surface area (Å²) in [4.78, 5) is 16.5. The molecule has 0 spiro atoms. The molecule has 0 unspecified atom stereocenters. The third-order valence-electron chi connectivity index (χ3n) is 2.51. The van der Waals surface area contributed by atoms with E-state index >= 15 is 0 Å². The third kappa shape index (κ3) is 3.36. The number of rotatable bonds is 3. The number of esters is 1. The van der Waals surface area contributed by atoms with Crippen LogP contribution in [0.4, 0.5) is 0 Å². The quantitative estimate of drug-likeness (QED) is 0.808. The van der Waals surface area contributed by atoms with Crippen molar-refractivity contribution >= 4 is 17.3 Å². The highest BCUT2D eigenvalue weighted by atomic mass is 32.1. The molecule has 2 rings (SSSR count). The van der Waals surface area contributed by atoms with Crippen LogP contribution < -0.4 is 4.74 Å². The molecule has 1 aromatic carbocycles. The normalized spacial score (nSPS) is 11.2. The van der Waals surface area contributed by atoms with Gasteiger partial charge in [-0.1, -0.05) is 0 Å². The molecule has 0 saturated heterocycles. The Balaban J connectivity index is 2.45. The second-order valence-electron chi connectivity index (χ2n) is 5.25. The molecule has 5 heteroatoms. The highest BCUT2D eigenvalue weighted by molar-refractivity contribution is 7.13. The van der Waals surface area contributed by atoms with E-state index in [2.05, 4.69) is 4.98 Å². The van der Waals surface area contributed by atoms with E-state index in [-0.39, 0.29) is 5.97 Å². The maximum absolute atomic E-state index is 12.3. The average Bonchev–Trinajstić information content (AvgIpc) is 2.89. The van der Waals surface area contributed by atoms with Crippen LogP contribution in [0, 0.1) is 0 Å². The van der Waals surface area contributed by atoms with Crippen LogP contribution in [0.5, 0.6) is 5.75 Å². The summed E-state index contributed by atoms with van der Waals surface area (Å²) in [5.74, 6) is 0.327. The summed E-state index contributed by atoms with van der Waals surface area (Å²) >= 11 is 1.47. The Bertz CT molecular complexity index is 600. The van der Waals surface area contributed by atoms with Crippen molar-refractivity contribution in [1.29, 1.82) is 0 Å². The SMILES string of the molecule is COc1ccc(C(=O)OC(C)(C)C)c(-c2nccs2)c1. The van der Waals surface area contributed by atoms with Crippen molar-refractivity contribution in [2.24, 2.45) is 0 Å². The Hall–Kier alpha value is -1.88. The van der Waals surface area contributed by atoms with Crippen LogP contribution in [0.15, 0.2) is 29.8 Å². The Kier molecular flexibility index (Phi) is 4.09. The Labute approximate surface area is 122 Å². The molecule has 4 nitrogen and oxygen atoms in total. The van der Waals surface area contributed by atoms with Crippen molar-refractivity contribution in [2.45, 2.75) is 26.4 Å². The number of hydrogen-bond donors (Lipinski definition) is 0. The molecule has 0 saturated carbocycles. The van der Waals surface area contributed by atoms with Crippen molar-refractivity contribution in [1.82, 2.24) is 4.98 Å². The fourth-order valence-corrected chi connectivity index (χ4v) is 2.36. The van der Waals surface area contributed by atoms with E-state index in [0.717, 1.165) is 10.6 Å². The highest BCUT2D eigenvalue weighted by Gasteiger charge is 2.22. The molecule has 0 amide bonds. The standard InChI is InChI=1S/C15H17NO3S/c1-15(2,3)19-14(17)11-6-5-10(18-4)9-12(11)13-16-7-8-20-13/h5-9H,1-4H3. The number of thiazole rings is 1. The fourth-order valence-electron chi connectivity index (χ4n) is 1.69. The predicted octanol–water partition coefficient (Wildman–Crippen LogP) is 3.77. The van der Waals surface area contributed by atoms with Crippen LogP contribution in [-0.2, 0) is 4.74 Å². The molecule has 0 aliphatic carbocycles. The van der Waals surface area contributed by atoms with Gasteiger partial charge in [0.25, 0.3) is 0 Å². The summed E-state index contributed by atoms with van der Waals surface area (Å²) in [5.41, 5.74) is 0.696. The number of nitrogens with zero attached hydrogens (tertiary/aromatic N) is 1. The first-order valence-electron chi connectivity index (χ1n) is 6.22. The number of methoxy groups -OCH3 is 1. The summed E-state index contributed by atoms with van der Waals surface area (Å²) in [6.45, 7) is 5.53. The number of aromatic nitrogens is 1. The molecule has 0 radical (unpaired) electrons. The maximum atomic E-state index is 12.3. The molecule has 0 fully saturated rings. The summed E-state index contributed by atoms with van der Waals surface area (Å²) in [5, 5.41) is 2.64. The van der Waals surface area contributed by atoms with Gasteiger partial charge >= 0.3 is 5.97 Å². The van der Waals surface area contributed by atoms with Gasteiger partial charge in [0, 0.05) is 17.1 Å². The van der Waals surface area contributed by atoms with Gasteiger partial charge in [0.2, 0.25) is 0 Å². The van der Waals surface area contributed by atoms with Crippen LogP contribution in [0.1, 0.15) is 31.1 Å². The molecule has 0 bridgehead atoms. The number of benzene rings is 1. The number of hydrogen-bond acceptors (Lipinski definition) is 5. The monoisotopic (exact) mass is 291 g/mol. The van der Waals surface area contributed by atoms with Gasteiger partial charge in [0.05, 0.1) is 12.7 Å². The zero-order chi connectivity index (χ0) is 14.8. The summed E-state index contributed by atoms with van der Waals surface area (Å²) in [7, 11) is 1.59. The van der Waals surface area contributed by atoms with Crippen LogP contribution in [0.3, 0.4) is 0 Å². The lowest BCUT2D eigenvalue weighted by molar-refractivity contribution is 0.00705. The summed E-state index contributed by atoms with van der Waals surface area (Å²) < 4.78 is 10.6. The van der Waals surface area contributed by atoms with Gasteiger partial charge in [-0.15, -0.1) is 11.3 Å². The molecule has 0 atom stereocenters. The molecule has 106 valence electrons. The zero-order valence-electron chi connectivity index (χ0n) is 12.0. The van der Waals surface area contributed by atoms with Crippen LogP contribution >= 0.6 is 11.3 Å². The molecule has 1 heterocycles. The first-order valence-corrected chi connectivity index (χ1v) is 7.10. The third-order valence-corrected chi connectivity index (χ3v) is 3.31. The zero-order valence-corrected chi connectivity index (χ0v) is 12.8. The van der Waals surface area contributed by atoms with E-state index in [1.54, 1.807) is 31.5 Å². The van der Waals surface area contributed by atoms with E-state index in [4.69, 9.17) is 9.47 Å². The Morgan fingerprint density at radius 3 is 2.60 bits per heavy atom.